The van der Waals surface area contributed by atoms with Gasteiger partial charge in [-0.25, -0.2) is 9.29 Å². The van der Waals surface area contributed by atoms with Gasteiger partial charge in [0.05, 0.1) is 19.2 Å². The second-order valence-electron chi connectivity index (χ2n) is 5.64. The van der Waals surface area contributed by atoms with Crippen molar-refractivity contribution in [1.82, 2.24) is 0 Å². The van der Waals surface area contributed by atoms with Crippen LogP contribution in [0.4, 0.5) is 10.1 Å². The molecule has 5 nitrogen and oxygen atoms in total. The number of carbonyl (C=O) groups excluding carboxylic acids is 2. The van der Waals surface area contributed by atoms with E-state index in [-0.39, 0.29) is 24.1 Å². The summed E-state index contributed by atoms with van der Waals surface area (Å²) in [4.78, 5) is 26.0. The van der Waals surface area contributed by atoms with Crippen LogP contribution in [-0.2, 0) is 16.1 Å². The van der Waals surface area contributed by atoms with Gasteiger partial charge in [0.25, 0.3) is 5.91 Å². The first kappa shape index (κ1) is 16.1. The van der Waals surface area contributed by atoms with Crippen LogP contribution >= 0.6 is 0 Å². The summed E-state index contributed by atoms with van der Waals surface area (Å²) in [7, 11) is 1.56. The molecular weight excluding hydrogens is 311 g/mol. The van der Waals surface area contributed by atoms with E-state index < -0.39 is 6.04 Å². The van der Waals surface area contributed by atoms with Crippen molar-refractivity contribution in [2.45, 2.75) is 19.0 Å². The van der Waals surface area contributed by atoms with Crippen molar-refractivity contribution >= 4 is 17.5 Å². The van der Waals surface area contributed by atoms with E-state index in [0.717, 1.165) is 5.56 Å². The lowest BCUT2D eigenvalue weighted by molar-refractivity contribution is -0.690. The number of anilines is 1. The normalized spacial score (nSPS) is 17.4. The molecule has 1 fully saturated rings. The Morgan fingerprint density at radius 1 is 1.12 bits per heavy atom. The molecule has 0 radical (unpaired) electrons. The molecule has 1 aliphatic heterocycles. The average molecular weight is 329 g/mol. The number of carbonyl (C=O) groups is 2. The Hall–Kier alpha value is -2.73. The summed E-state index contributed by atoms with van der Waals surface area (Å²) in [6.45, 7) is 0.514. The summed E-state index contributed by atoms with van der Waals surface area (Å²) in [5, 5.41) is 1.82. The van der Waals surface area contributed by atoms with Gasteiger partial charge in [0.1, 0.15) is 18.1 Å². The van der Waals surface area contributed by atoms with Crippen LogP contribution in [0.15, 0.2) is 48.5 Å². The van der Waals surface area contributed by atoms with Crippen LogP contribution in [0.1, 0.15) is 12.0 Å². The van der Waals surface area contributed by atoms with Crippen molar-refractivity contribution in [3.63, 3.8) is 0 Å². The highest BCUT2D eigenvalue weighted by Gasteiger charge is 2.42. The maximum atomic E-state index is 12.9. The third kappa shape index (κ3) is 3.28. The number of rotatable bonds is 5. The molecule has 1 atom stereocenters. The number of hydrogen-bond acceptors (Lipinski definition) is 3. The smallest absolute Gasteiger partial charge is 0.292 e. The summed E-state index contributed by atoms with van der Waals surface area (Å²) in [5.41, 5.74) is 1.45. The van der Waals surface area contributed by atoms with Crippen LogP contribution in [0, 0.1) is 5.82 Å². The Labute approximate surface area is 139 Å². The number of amides is 2. The van der Waals surface area contributed by atoms with Gasteiger partial charge >= 0.3 is 0 Å². The third-order valence-corrected chi connectivity index (χ3v) is 4.06. The second kappa shape index (κ2) is 6.80. The maximum Gasteiger partial charge on any atom is 0.292 e. The van der Waals surface area contributed by atoms with Gasteiger partial charge in [-0.05, 0) is 36.4 Å². The van der Waals surface area contributed by atoms with E-state index in [1.807, 2.05) is 5.32 Å². The molecule has 3 rings (SSSR count). The molecule has 0 bridgehead atoms. The number of methoxy groups -OCH3 is 1. The van der Waals surface area contributed by atoms with Crippen LogP contribution in [0.2, 0.25) is 0 Å². The van der Waals surface area contributed by atoms with Crippen molar-refractivity contribution < 1.29 is 24.0 Å². The first-order valence-corrected chi connectivity index (χ1v) is 7.67. The molecule has 0 spiro atoms. The fourth-order valence-electron chi connectivity index (χ4n) is 2.74. The van der Waals surface area contributed by atoms with Gasteiger partial charge in [-0.3, -0.25) is 9.59 Å². The Balaban J connectivity index is 1.67. The predicted octanol–water partition coefficient (Wildman–Crippen LogP) is 1.23. The van der Waals surface area contributed by atoms with E-state index in [1.165, 1.54) is 17.0 Å². The number of nitrogens with zero attached hydrogens (tertiary/aromatic N) is 1. The van der Waals surface area contributed by atoms with E-state index in [4.69, 9.17) is 4.74 Å². The minimum Gasteiger partial charge on any atom is -0.497 e. The van der Waals surface area contributed by atoms with Crippen LogP contribution in [0.25, 0.3) is 0 Å². The van der Waals surface area contributed by atoms with E-state index in [9.17, 15) is 14.0 Å². The average Bonchev–Trinajstić information content (AvgIpc) is 2.88. The number of imide groups is 1. The molecule has 2 N–H and O–H groups in total. The van der Waals surface area contributed by atoms with Crippen LogP contribution in [-0.4, -0.2) is 25.0 Å². The fourth-order valence-corrected chi connectivity index (χ4v) is 2.74. The molecule has 0 aromatic heterocycles. The number of halogens is 1. The first-order valence-electron chi connectivity index (χ1n) is 7.67. The predicted molar refractivity (Wildman–Crippen MR) is 85.9 cm³/mol. The highest BCUT2D eigenvalue weighted by molar-refractivity contribution is 6.21. The molecule has 124 valence electrons. The molecule has 1 unspecified atom stereocenters. The number of benzene rings is 2. The van der Waals surface area contributed by atoms with Gasteiger partial charge in [-0.15, -0.1) is 0 Å². The standard InChI is InChI=1S/C18H17FN2O3/c1-24-15-8-6-14(7-9-15)21-17(22)10-16(18(21)23)20-11-12-2-4-13(19)5-3-12/h2-9,16,20H,10-11H2,1H3/p+1. The Morgan fingerprint density at radius 3 is 2.42 bits per heavy atom. The molecule has 1 saturated heterocycles. The molecule has 1 heterocycles. The van der Waals surface area contributed by atoms with Gasteiger partial charge in [0.2, 0.25) is 5.91 Å². The molecule has 0 saturated carbocycles. The first-order chi connectivity index (χ1) is 11.6. The number of quaternary nitrogens is 1. The van der Waals surface area contributed by atoms with Gasteiger partial charge in [0, 0.05) is 5.56 Å². The minimum atomic E-state index is -0.454. The minimum absolute atomic E-state index is 0.159. The summed E-state index contributed by atoms with van der Waals surface area (Å²) < 4.78 is 18.0. The molecule has 2 aromatic carbocycles. The molecular formula is C18H18FN2O3+. The monoisotopic (exact) mass is 329 g/mol. The Kier molecular flexibility index (Phi) is 4.57. The van der Waals surface area contributed by atoms with Crippen molar-refractivity contribution in [3.8, 4) is 5.75 Å². The molecule has 24 heavy (non-hydrogen) atoms. The Bertz CT molecular complexity index is 744. The van der Waals surface area contributed by atoms with Crippen molar-refractivity contribution in [3.05, 3.63) is 59.9 Å². The van der Waals surface area contributed by atoms with Gasteiger partial charge in [-0.2, -0.15) is 0 Å². The molecule has 2 aromatic rings. The number of ether oxygens (including phenoxy) is 1. The number of nitrogens with two attached hydrogens (primary N) is 1. The summed E-state index contributed by atoms with van der Waals surface area (Å²) >= 11 is 0. The van der Waals surface area contributed by atoms with Crippen LogP contribution in [0.5, 0.6) is 5.75 Å². The van der Waals surface area contributed by atoms with Crippen molar-refractivity contribution in [2.24, 2.45) is 0 Å². The fraction of sp³-hybridized carbons (Fsp3) is 0.222. The topological polar surface area (TPSA) is 63.2 Å². The highest BCUT2D eigenvalue weighted by atomic mass is 19.1. The van der Waals surface area contributed by atoms with Crippen molar-refractivity contribution in [1.29, 1.82) is 0 Å². The third-order valence-electron chi connectivity index (χ3n) is 4.06. The highest BCUT2D eigenvalue weighted by Crippen LogP contribution is 2.24. The zero-order chi connectivity index (χ0) is 17.1. The maximum absolute atomic E-state index is 12.9. The van der Waals surface area contributed by atoms with Crippen LogP contribution in [0.3, 0.4) is 0 Å². The largest absolute Gasteiger partial charge is 0.497 e. The lowest BCUT2D eigenvalue weighted by Gasteiger charge is -2.14. The van der Waals surface area contributed by atoms with Gasteiger partial charge in [0.15, 0.2) is 6.04 Å². The molecule has 0 aliphatic carbocycles. The zero-order valence-corrected chi connectivity index (χ0v) is 13.2. The zero-order valence-electron chi connectivity index (χ0n) is 13.2. The van der Waals surface area contributed by atoms with E-state index in [0.29, 0.717) is 18.0 Å². The van der Waals surface area contributed by atoms with E-state index in [2.05, 4.69) is 0 Å². The van der Waals surface area contributed by atoms with E-state index >= 15 is 0 Å². The summed E-state index contributed by atoms with van der Waals surface area (Å²) in [6, 6.07) is 12.5. The van der Waals surface area contributed by atoms with Gasteiger partial charge in [-0.1, -0.05) is 12.1 Å². The number of hydrogen-bond donors (Lipinski definition) is 1. The van der Waals surface area contributed by atoms with E-state index in [1.54, 1.807) is 43.5 Å². The molecule has 2 amide bonds. The van der Waals surface area contributed by atoms with Crippen LogP contribution < -0.4 is 15.0 Å². The van der Waals surface area contributed by atoms with Gasteiger partial charge < -0.3 is 10.1 Å². The summed E-state index contributed by atoms with van der Waals surface area (Å²) in [6.07, 6.45) is 0.159. The second-order valence-corrected chi connectivity index (χ2v) is 5.64. The lowest BCUT2D eigenvalue weighted by Crippen LogP contribution is -2.90. The SMILES string of the molecule is COc1ccc(N2C(=O)CC([NH2+]Cc3ccc(F)cc3)C2=O)cc1. The van der Waals surface area contributed by atoms with Crippen molar-refractivity contribution in [2.75, 3.05) is 12.0 Å². The lowest BCUT2D eigenvalue weighted by atomic mass is 10.2. The molecule has 6 heteroatoms. The molecule has 1 aliphatic rings. The Morgan fingerprint density at radius 2 is 1.79 bits per heavy atom. The quantitative estimate of drug-likeness (QED) is 0.839. The summed E-state index contributed by atoms with van der Waals surface area (Å²) in [5.74, 6) is -0.0772.